The highest BCUT2D eigenvalue weighted by Crippen LogP contribution is 2.48. The van der Waals surface area contributed by atoms with E-state index in [2.05, 4.69) is 0 Å². The van der Waals surface area contributed by atoms with E-state index >= 15 is 0 Å². The second-order valence-electron chi connectivity index (χ2n) is 9.31. The van der Waals surface area contributed by atoms with Crippen molar-refractivity contribution in [1.82, 2.24) is 0 Å². The first-order valence-electron chi connectivity index (χ1n) is 19.9. The quantitative estimate of drug-likeness (QED) is 0.210. The fraction of sp³-hybridized carbons (Fsp3) is 0. The molecule has 186 valence electrons. The Balaban J connectivity index is 1.66. The lowest BCUT2D eigenvalue weighted by atomic mass is 9.84. The summed E-state index contributed by atoms with van der Waals surface area (Å²) in [6.07, 6.45) is 1.50. The Morgan fingerprint density at radius 1 is 0.475 bits per heavy atom. The molecule has 2 aromatic heterocycles. The van der Waals surface area contributed by atoms with Gasteiger partial charge in [0.2, 0.25) is 0 Å². The SMILES string of the molecule is [2H]c1c([2H])c([2H])c2c(-c3c4c([2H])c([2H])c([2H])c([2H])c4c(-c4cccc5oc6c(ccc7ccoc76)c45)c4c([2H])c([2H])c([2H])c([2H])c34)c([2H])c([2H])c([2H])c2c1[2H]. The predicted molar refractivity (Wildman–Crippen MR) is 167 cm³/mol. The van der Waals surface area contributed by atoms with Crippen LogP contribution >= 0.6 is 0 Å². The average Bonchev–Trinajstić information content (AvgIpc) is 3.82. The molecule has 2 heteroatoms. The van der Waals surface area contributed by atoms with Gasteiger partial charge in [0.25, 0.3) is 0 Å². The van der Waals surface area contributed by atoms with E-state index in [1.54, 1.807) is 30.3 Å². The standard InChI is InChI=1S/C38H22O2/c1-2-11-25-23(9-1)10-7-16-26(25)34-27-12-3-5-14-29(27)35(30-15-6-4-13-28(30)34)31-17-8-18-33-36(31)32-20-19-24-21-22-39-37(24)38(32)40-33/h1-22H/i1D,2D,3D,4D,5D,6D,7D,9D,10D,11D,12D,13D,14D,15D,16D. The second-order valence-corrected chi connectivity index (χ2v) is 9.31. The van der Waals surface area contributed by atoms with E-state index in [1.807, 2.05) is 6.07 Å². The summed E-state index contributed by atoms with van der Waals surface area (Å²) in [4.78, 5) is 0. The van der Waals surface area contributed by atoms with E-state index in [9.17, 15) is 6.85 Å². The van der Waals surface area contributed by atoms with E-state index < -0.39 is 107 Å². The third kappa shape index (κ3) is 2.88. The summed E-state index contributed by atoms with van der Waals surface area (Å²) in [6.45, 7) is 0. The fourth-order valence-corrected chi connectivity index (χ4v) is 5.66. The Hall–Kier alpha value is -5.34. The van der Waals surface area contributed by atoms with Gasteiger partial charge in [-0.25, -0.2) is 0 Å². The van der Waals surface area contributed by atoms with Gasteiger partial charge >= 0.3 is 0 Å². The maximum Gasteiger partial charge on any atom is 0.178 e. The maximum absolute atomic E-state index is 9.37. The normalized spacial score (nSPS) is 17.2. The van der Waals surface area contributed by atoms with Crippen molar-refractivity contribution in [2.45, 2.75) is 0 Å². The number of fused-ring (bicyclic) bond motifs is 8. The van der Waals surface area contributed by atoms with E-state index in [0.29, 0.717) is 27.5 Å². The van der Waals surface area contributed by atoms with Gasteiger partial charge in [-0.1, -0.05) is 109 Å². The lowest BCUT2D eigenvalue weighted by molar-refractivity contribution is 0.600. The molecule has 0 unspecified atom stereocenters. The summed E-state index contributed by atoms with van der Waals surface area (Å²) in [7, 11) is 0. The molecule has 0 fully saturated rings. The van der Waals surface area contributed by atoms with E-state index in [0.717, 1.165) is 5.39 Å². The largest absolute Gasteiger partial charge is 0.460 e. The number of hydrogen-bond acceptors (Lipinski definition) is 2. The highest BCUT2D eigenvalue weighted by atomic mass is 16.4. The van der Waals surface area contributed by atoms with Crippen molar-refractivity contribution in [3.05, 3.63) is 133 Å². The van der Waals surface area contributed by atoms with Crippen LogP contribution < -0.4 is 0 Å². The molecule has 0 N–H and O–H groups in total. The lowest BCUT2D eigenvalue weighted by Crippen LogP contribution is -1.92. The number of rotatable bonds is 2. The molecule has 0 amide bonds. The minimum Gasteiger partial charge on any atom is -0.460 e. The minimum atomic E-state index is -0.765. The van der Waals surface area contributed by atoms with Gasteiger partial charge in [0, 0.05) is 16.2 Å². The van der Waals surface area contributed by atoms with Gasteiger partial charge in [-0.05, 0) is 72.8 Å². The van der Waals surface area contributed by atoms with Crippen LogP contribution in [0.1, 0.15) is 20.6 Å². The highest BCUT2D eigenvalue weighted by Gasteiger charge is 2.21. The molecule has 0 spiro atoms. The smallest absolute Gasteiger partial charge is 0.178 e. The Bertz CT molecular complexity index is 3180. The molecule has 0 atom stereocenters. The van der Waals surface area contributed by atoms with Gasteiger partial charge in [0.05, 0.1) is 26.8 Å². The zero-order valence-electron chi connectivity index (χ0n) is 35.4. The molecule has 0 saturated carbocycles. The van der Waals surface area contributed by atoms with E-state index in [-0.39, 0.29) is 38.2 Å². The van der Waals surface area contributed by atoms with E-state index in [4.69, 9.17) is 22.5 Å². The van der Waals surface area contributed by atoms with Crippen molar-refractivity contribution in [3.8, 4) is 22.3 Å². The van der Waals surface area contributed by atoms with Gasteiger partial charge in [-0.2, -0.15) is 0 Å². The molecule has 0 aliphatic heterocycles. The van der Waals surface area contributed by atoms with Crippen LogP contribution in [-0.2, 0) is 0 Å². The molecule has 7 aromatic carbocycles. The Labute approximate surface area is 250 Å². The van der Waals surface area contributed by atoms with Gasteiger partial charge in [0.1, 0.15) is 5.58 Å². The highest BCUT2D eigenvalue weighted by molar-refractivity contribution is 6.27. The summed E-state index contributed by atoms with van der Waals surface area (Å²) >= 11 is 0. The van der Waals surface area contributed by atoms with Crippen LogP contribution in [0.25, 0.3) is 87.5 Å². The van der Waals surface area contributed by atoms with Crippen LogP contribution in [-0.4, -0.2) is 0 Å². The van der Waals surface area contributed by atoms with Crippen LogP contribution in [0.15, 0.2) is 142 Å². The van der Waals surface area contributed by atoms with Crippen LogP contribution in [0.3, 0.4) is 0 Å². The van der Waals surface area contributed by atoms with Crippen LogP contribution in [0.4, 0.5) is 0 Å². The summed E-state index contributed by atoms with van der Waals surface area (Å²) < 4.78 is 146. The summed E-state index contributed by atoms with van der Waals surface area (Å²) in [6, 6.07) is -0.0699. The van der Waals surface area contributed by atoms with Crippen LogP contribution in [0.2, 0.25) is 0 Å². The van der Waals surface area contributed by atoms with E-state index in [1.165, 1.54) is 6.26 Å². The van der Waals surface area contributed by atoms with Crippen LogP contribution in [0, 0.1) is 0 Å². The second kappa shape index (κ2) is 8.08. The molecule has 0 aliphatic carbocycles. The fourth-order valence-electron chi connectivity index (χ4n) is 5.66. The molecular formula is C38H22O2. The Morgan fingerprint density at radius 2 is 1.12 bits per heavy atom. The molecule has 9 aromatic rings. The van der Waals surface area contributed by atoms with Gasteiger partial charge in [-0.15, -0.1) is 0 Å². The molecule has 2 nitrogen and oxygen atoms in total. The Kier molecular flexibility index (Phi) is 2.39. The summed E-state index contributed by atoms with van der Waals surface area (Å²) in [5.41, 5.74) is 0.591. The predicted octanol–water partition coefficient (Wildman–Crippen LogP) is 11.1. The molecular weight excluding hydrogens is 488 g/mol. The molecule has 0 aliphatic rings. The Morgan fingerprint density at radius 3 is 1.88 bits per heavy atom. The van der Waals surface area contributed by atoms with Crippen molar-refractivity contribution in [3.63, 3.8) is 0 Å². The average molecular weight is 526 g/mol. The van der Waals surface area contributed by atoms with Crippen molar-refractivity contribution < 1.29 is 29.4 Å². The molecule has 0 bridgehead atoms. The van der Waals surface area contributed by atoms with Gasteiger partial charge in [0.15, 0.2) is 11.2 Å². The van der Waals surface area contributed by atoms with Crippen LogP contribution in [0.5, 0.6) is 0 Å². The van der Waals surface area contributed by atoms with Gasteiger partial charge in [-0.3, -0.25) is 0 Å². The van der Waals surface area contributed by atoms with Crippen molar-refractivity contribution in [2.24, 2.45) is 0 Å². The third-order valence-electron chi connectivity index (χ3n) is 7.29. The molecule has 9 rings (SSSR count). The minimum absolute atomic E-state index is 0.0125. The zero-order chi connectivity index (χ0) is 39.3. The molecule has 2 heterocycles. The van der Waals surface area contributed by atoms with Crippen molar-refractivity contribution in [2.75, 3.05) is 0 Å². The number of benzene rings is 7. The first kappa shape index (κ1) is 11.8. The molecule has 0 radical (unpaired) electrons. The lowest BCUT2D eigenvalue weighted by Gasteiger charge is -2.19. The summed E-state index contributed by atoms with van der Waals surface area (Å²) in [5.74, 6) is 0. The van der Waals surface area contributed by atoms with Gasteiger partial charge < -0.3 is 8.83 Å². The van der Waals surface area contributed by atoms with Crippen molar-refractivity contribution in [1.29, 1.82) is 0 Å². The first-order valence-corrected chi connectivity index (χ1v) is 12.4. The third-order valence-corrected chi connectivity index (χ3v) is 7.29. The monoisotopic (exact) mass is 525 g/mol. The number of furan rings is 2. The maximum atomic E-state index is 9.37. The molecule has 40 heavy (non-hydrogen) atoms. The van der Waals surface area contributed by atoms with Crippen molar-refractivity contribution >= 4 is 65.2 Å². The zero-order valence-corrected chi connectivity index (χ0v) is 20.4. The molecule has 0 saturated heterocycles. The topological polar surface area (TPSA) is 26.3 Å². The number of hydrogen-bond donors (Lipinski definition) is 0. The first-order chi connectivity index (χ1) is 26.1. The summed E-state index contributed by atoms with van der Waals surface area (Å²) in [5, 5.41) is -0.194.